The molecule has 15 nitrogen and oxygen atoms in total. The number of carbonyl (C=O) groups excluding carboxylic acids is 4. The van der Waals surface area contributed by atoms with Gasteiger partial charge in [-0.05, 0) is 130 Å². The van der Waals surface area contributed by atoms with Gasteiger partial charge in [-0.25, -0.2) is 19.6 Å². The Balaban J connectivity index is 0.892. The fourth-order valence-electron chi connectivity index (χ4n) is 10.4. The van der Waals surface area contributed by atoms with E-state index in [2.05, 4.69) is 81.8 Å². The van der Waals surface area contributed by atoms with E-state index in [1.165, 1.54) is 12.7 Å². The van der Waals surface area contributed by atoms with Crippen molar-refractivity contribution in [2.45, 2.75) is 109 Å². The number of allylic oxidation sites excluding steroid dienone is 3. The molecule has 4 aliphatic rings. The first-order valence-electron chi connectivity index (χ1n) is 24.6. The Kier molecular flexibility index (Phi) is 14.1. The van der Waals surface area contributed by atoms with Gasteiger partial charge in [-0.15, -0.1) is 0 Å². The molecule has 3 fully saturated rings. The maximum absolute atomic E-state index is 14.4. The lowest BCUT2D eigenvalue weighted by Crippen LogP contribution is -2.54. The summed E-state index contributed by atoms with van der Waals surface area (Å²) in [4.78, 5) is 74.5. The molecule has 15 heteroatoms. The summed E-state index contributed by atoms with van der Waals surface area (Å²) in [5.74, 6) is 1.07. The van der Waals surface area contributed by atoms with E-state index in [0.717, 1.165) is 94.5 Å². The molecule has 2 aromatic heterocycles. The van der Waals surface area contributed by atoms with Gasteiger partial charge in [-0.2, -0.15) is 0 Å². The van der Waals surface area contributed by atoms with E-state index >= 15 is 0 Å². The average Bonchev–Trinajstić information content (AvgIpc) is 4.21. The number of fused-ring (bicyclic) bond motifs is 4. The molecule has 5 aromatic rings. The highest BCUT2D eigenvalue weighted by Gasteiger charge is 2.41. The summed E-state index contributed by atoms with van der Waals surface area (Å²) in [5, 5.41) is 7.81. The molecule has 70 heavy (non-hydrogen) atoms. The van der Waals surface area contributed by atoms with Gasteiger partial charge in [-0.3, -0.25) is 9.59 Å². The topological polar surface area (TPSA) is 184 Å². The molecule has 0 unspecified atom stereocenters. The number of carbonyl (C=O) groups is 4. The fourth-order valence-corrected chi connectivity index (χ4v) is 10.4. The molecule has 3 aliphatic heterocycles. The Morgan fingerprint density at radius 1 is 0.814 bits per heavy atom. The number of hydrogen-bond acceptors (Lipinski definition) is 9. The first kappa shape index (κ1) is 48.0. The van der Waals surface area contributed by atoms with E-state index in [-0.39, 0.29) is 29.8 Å². The maximum Gasteiger partial charge on any atom is 0.408 e. The van der Waals surface area contributed by atoms with Crippen molar-refractivity contribution in [2.75, 3.05) is 33.4 Å². The Bertz CT molecular complexity index is 2850. The number of hydrogen-bond donors (Lipinski definition) is 4. The van der Waals surface area contributed by atoms with Gasteiger partial charge in [0, 0.05) is 43.1 Å². The SMILES string of the molecule is C=C(/C=C\C=C/C)[C@@H](NC(=O)OC)C(=O)N1CCC[C@H]1c1ncc(-c2ccc3cc(-c4ccc5c(c4)CCc4[nH]c([C@@H]6CCCN6C(=O)[C@@H](NC(=O)OC(C)(C)C)C6CCOCC6)nc4-5)ccc3c2)[nH]1. The predicted molar refractivity (Wildman–Crippen MR) is 268 cm³/mol. The van der Waals surface area contributed by atoms with E-state index in [1.54, 1.807) is 17.1 Å². The molecule has 366 valence electrons. The van der Waals surface area contributed by atoms with Gasteiger partial charge in [0.15, 0.2) is 0 Å². The van der Waals surface area contributed by atoms with Crippen LogP contribution in [0.25, 0.3) is 44.4 Å². The lowest BCUT2D eigenvalue weighted by molar-refractivity contribution is -0.137. The lowest BCUT2D eigenvalue weighted by Gasteiger charge is -2.34. The van der Waals surface area contributed by atoms with E-state index in [4.69, 9.17) is 24.2 Å². The Morgan fingerprint density at radius 3 is 2.20 bits per heavy atom. The molecule has 4 amide bonds. The number of benzene rings is 3. The van der Waals surface area contributed by atoms with Crippen molar-refractivity contribution >= 4 is 34.8 Å². The number of H-pyrrole nitrogens is 2. The summed E-state index contributed by atoms with van der Waals surface area (Å²) in [5.41, 5.74) is 8.19. The number of aryl methyl sites for hydroxylation is 2. The number of imidazole rings is 2. The molecule has 9 rings (SSSR count). The summed E-state index contributed by atoms with van der Waals surface area (Å²) in [6, 6.07) is 17.3. The molecular formula is C55H64N8O7. The van der Waals surface area contributed by atoms with Crippen molar-refractivity contribution in [3.8, 4) is 33.6 Å². The summed E-state index contributed by atoms with van der Waals surface area (Å²) >= 11 is 0. The Hall–Kier alpha value is -7.00. The van der Waals surface area contributed by atoms with Crippen LogP contribution in [0.1, 0.15) is 101 Å². The molecule has 5 heterocycles. The first-order valence-corrected chi connectivity index (χ1v) is 24.6. The van der Waals surface area contributed by atoms with Crippen molar-refractivity contribution in [3.05, 3.63) is 120 Å². The second-order valence-corrected chi connectivity index (χ2v) is 19.8. The van der Waals surface area contributed by atoms with Gasteiger partial charge in [0.1, 0.15) is 29.3 Å². The van der Waals surface area contributed by atoms with Crippen molar-refractivity contribution in [1.82, 2.24) is 40.4 Å². The van der Waals surface area contributed by atoms with Gasteiger partial charge in [0.2, 0.25) is 5.91 Å². The van der Waals surface area contributed by atoms with Crippen LogP contribution in [0.4, 0.5) is 9.59 Å². The molecule has 0 spiro atoms. The molecule has 0 bridgehead atoms. The smallest absolute Gasteiger partial charge is 0.408 e. The van der Waals surface area contributed by atoms with Crippen LogP contribution in [0.5, 0.6) is 0 Å². The van der Waals surface area contributed by atoms with E-state index in [0.29, 0.717) is 50.5 Å². The predicted octanol–water partition coefficient (Wildman–Crippen LogP) is 9.45. The average molecular weight is 949 g/mol. The maximum atomic E-state index is 14.4. The normalized spacial score (nSPS) is 19.3. The zero-order valence-corrected chi connectivity index (χ0v) is 40.8. The fraction of sp³-hybridized carbons (Fsp3) is 0.418. The number of nitrogens with one attached hydrogen (secondary N) is 4. The van der Waals surface area contributed by atoms with Crippen LogP contribution in [0.2, 0.25) is 0 Å². The molecule has 0 saturated carbocycles. The minimum absolute atomic E-state index is 0.0466. The highest BCUT2D eigenvalue weighted by atomic mass is 16.6. The number of likely N-dealkylation sites (tertiary alicyclic amines) is 2. The van der Waals surface area contributed by atoms with E-state index < -0.39 is 29.9 Å². The number of nitrogens with zero attached hydrogens (tertiary/aromatic N) is 4. The van der Waals surface area contributed by atoms with Gasteiger partial charge in [-0.1, -0.05) is 73.3 Å². The first-order chi connectivity index (χ1) is 33.8. The summed E-state index contributed by atoms with van der Waals surface area (Å²) in [6.07, 6.45) is 13.9. The standard InChI is InChI=1S/C55H64N8O7/c1-7-8-9-12-33(2)46(60-53(66)68-6)51(64)62-25-10-13-44(62)49-56-32-43(58-49)40-18-17-36-29-35(15-16-37(36)31-40)38-19-21-41-39(30-38)20-22-42-48(41)59-50(57-42)45-14-11-26-63(45)52(65)47(34-23-27-69-28-24-34)61-54(67)70-55(3,4)5/h7-9,12,15-19,21,29-32,34,44-47H,2,10-11,13-14,20,22-28H2,1,3-6H3,(H,56,58)(H,57,59)(H,60,66)(H,61,67)/b8-7-,12-9-/t44-,45-,46+,47-/m0/s1. The van der Waals surface area contributed by atoms with Gasteiger partial charge >= 0.3 is 12.2 Å². The minimum Gasteiger partial charge on any atom is -0.453 e. The third-order valence-electron chi connectivity index (χ3n) is 13.9. The number of aromatic amines is 2. The molecule has 0 radical (unpaired) electrons. The number of methoxy groups -OCH3 is 1. The van der Waals surface area contributed by atoms with Crippen LogP contribution in [0.15, 0.2) is 97.3 Å². The molecule has 4 N–H and O–H groups in total. The highest BCUT2D eigenvalue weighted by molar-refractivity contribution is 5.92. The van der Waals surface area contributed by atoms with Crippen molar-refractivity contribution in [1.29, 1.82) is 0 Å². The Morgan fingerprint density at radius 2 is 1.49 bits per heavy atom. The largest absolute Gasteiger partial charge is 0.453 e. The number of amides is 4. The third-order valence-corrected chi connectivity index (χ3v) is 13.9. The zero-order valence-electron chi connectivity index (χ0n) is 40.8. The van der Waals surface area contributed by atoms with Crippen molar-refractivity contribution in [3.63, 3.8) is 0 Å². The van der Waals surface area contributed by atoms with Crippen LogP contribution in [0.3, 0.4) is 0 Å². The van der Waals surface area contributed by atoms with Gasteiger partial charge < -0.3 is 44.6 Å². The molecule has 3 saturated heterocycles. The highest BCUT2D eigenvalue weighted by Crippen LogP contribution is 2.40. The molecule has 3 aromatic carbocycles. The van der Waals surface area contributed by atoms with Crippen LogP contribution >= 0.6 is 0 Å². The number of aromatic nitrogens is 4. The minimum atomic E-state index is -0.985. The third kappa shape index (κ3) is 10.3. The van der Waals surface area contributed by atoms with Crippen LogP contribution in [0, 0.1) is 5.92 Å². The second-order valence-electron chi connectivity index (χ2n) is 19.8. The summed E-state index contributed by atoms with van der Waals surface area (Å²) in [6.45, 7) is 13.7. The van der Waals surface area contributed by atoms with Crippen LogP contribution in [-0.4, -0.2) is 105 Å². The summed E-state index contributed by atoms with van der Waals surface area (Å²) in [7, 11) is 1.27. The number of alkyl carbamates (subject to hydrolysis) is 2. The van der Waals surface area contributed by atoms with Gasteiger partial charge in [0.25, 0.3) is 5.91 Å². The molecular weight excluding hydrogens is 885 g/mol. The van der Waals surface area contributed by atoms with Crippen LogP contribution in [-0.2, 0) is 36.6 Å². The number of rotatable bonds is 12. The van der Waals surface area contributed by atoms with E-state index in [9.17, 15) is 19.2 Å². The van der Waals surface area contributed by atoms with E-state index in [1.807, 2.05) is 50.9 Å². The Labute approximate surface area is 409 Å². The monoisotopic (exact) mass is 948 g/mol. The van der Waals surface area contributed by atoms with Crippen LogP contribution < -0.4 is 10.6 Å². The number of ether oxygens (including phenoxy) is 3. The summed E-state index contributed by atoms with van der Waals surface area (Å²) < 4.78 is 16.0. The van der Waals surface area contributed by atoms with Crippen molar-refractivity contribution < 1.29 is 33.4 Å². The van der Waals surface area contributed by atoms with Gasteiger partial charge in [0.05, 0.1) is 36.8 Å². The zero-order chi connectivity index (χ0) is 49.1. The quantitative estimate of drug-likeness (QED) is 0.0885. The lowest BCUT2D eigenvalue weighted by atomic mass is 9.89. The van der Waals surface area contributed by atoms with Crippen molar-refractivity contribution in [2.24, 2.45) is 5.92 Å². The molecule has 4 atom stereocenters. The second kappa shape index (κ2) is 20.5. The molecule has 1 aliphatic carbocycles.